The number of hydrogen-bond acceptors (Lipinski definition) is 0. The van der Waals surface area contributed by atoms with Crippen molar-refractivity contribution in [3.63, 3.8) is 0 Å². The van der Waals surface area contributed by atoms with Crippen LogP contribution in [-0.2, 0) is 0 Å². The summed E-state index contributed by atoms with van der Waals surface area (Å²) in [5.41, 5.74) is 0. The summed E-state index contributed by atoms with van der Waals surface area (Å²) in [5, 5.41) is 0. The van der Waals surface area contributed by atoms with Crippen LogP contribution in [0.25, 0.3) is 0 Å². The molecule has 0 unspecified atom stereocenters. The molecule has 3 aromatic carbocycles. The zero-order chi connectivity index (χ0) is 16.2. The van der Waals surface area contributed by atoms with Gasteiger partial charge in [-0.2, -0.15) is 0 Å². The maximum atomic E-state index is 2.31. The first-order valence-electron chi connectivity index (χ1n) is 8.07. The van der Waals surface area contributed by atoms with Crippen molar-refractivity contribution < 1.29 is 0 Å². The molecule has 1 heteroatoms. The first-order chi connectivity index (χ1) is 11.9. The van der Waals surface area contributed by atoms with Crippen LogP contribution >= 0.6 is 18.0 Å². The van der Waals surface area contributed by atoms with Crippen LogP contribution in [-0.4, -0.2) is 3.51 Å². The van der Waals surface area contributed by atoms with E-state index in [1.54, 1.807) is 0 Å². The van der Waals surface area contributed by atoms with Gasteiger partial charge in [-0.3, -0.25) is 0 Å². The van der Waals surface area contributed by atoms with Crippen LogP contribution in [0.3, 0.4) is 0 Å². The molecule has 118 valence electrons. The molecule has 0 N–H and O–H groups in total. The van der Waals surface area contributed by atoms with E-state index >= 15 is 0 Å². The molecule has 0 aromatic heterocycles. The molecule has 0 radical (unpaired) electrons. The van der Waals surface area contributed by atoms with Gasteiger partial charge in [0.1, 0.15) is 0 Å². The van der Waals surface area contributed by atoms with E-state index in [4.69, 9.17) is 0 Å². The number of allylic oxidation sites excluding steroid dienone is 4. The Morgan fingerprint density at radius 3 is 1.08 bits per heavy atom. The van der Waals surface area contributed by atoms with Crippen LogP contribution in [0.2, 0.25) is 0 Å². The molecule has 0 bridgehead atoms. The summed E-state index contributed by atoms with van der Waals surface area (Å²) < 4.78 is 5.87. The molecule has 0 spiro atoms. The third-order valence-corrected chi connectivity index (χ3v) is 14.5. The molecule has 0 fully saturated rings. The van der Waals surface area contributed by atoms with Gasteiger partial charge in [0.15, 0.2) is 0 Å². The van der Waals surface area contributed by atoms with Gasteiger partial charge in [0.25, 0.3) is 0 Å². The Morgan fingerprint density at radius 2 is 0.750 bits per heavy atom. The fourth-order valence-corrected chi connectivity index (χ4v) is 13.4. The molecule has 0 heterocycles. The van der Waals surface area contributed by atoms with E-state index in [1.165, 1.54) is 14.2 Å². The normalized spacial score (nSPS) is 14.1. The SMILES string of the molecule is C1=CC(=I(c2ccccc2)(c2ccccc2)c2ccccc2)C=C1. The number of hydrogen-bond donors (Lipinski definition) is 0. The Bertz CT molecular complexity index is 816. The molecule has 0 atom stereocenters. The van der Waals surface area contributed by atoms with E-state index in [1.807, 2.05) is 0 Å². The summed E-state index contributed by atoms with van der Waals surface area (Å²) in [7, 11) is 0. The first-order valence-corrected chi connectivity index (χ1v) is 12.4. The summed E-state index contributed by atoms with van der Waals surface area (Å²) >= 11 is -2.82. The van der Waals surface area contributed by atoms with Gasteiger partial charge in [0.05, 0.1) is 0 Å². The Balaban J connectivity index is 2.19. The van der Waals surface area contributed by atoms with Gasteiger partial charge < -0.3 is 0 Å². The van der Waals surface area contributed by atoms with E-state index in [0.29, 0.717) is 0 Å². The van der Waals surface area contributed by atoms with E-state index in [2.05, 4.69) is 115 Å². The molecule has 4 rings (SSSR count). The van der Waals surface area contributed by atoms with Gasteiger partial charge in [-0.25, -0.2) is 0 Å². The number of benzene rings is 3. The quantitative estimate of drug-likeness (QED) is 0.459. The fourth-order valence-electron chi connectivity index (χ4n) is 3.11. The molecule has 0 nitrogen and oxygen atoms in total. The second-order valence-corrected chi connectivity index (χ2v) is 13.8. The zero-order valence-electron chi connectivity index (χ0n) is 13.3. The van der Waals surface area contributed by atoms with Crippen LogP contribution in [0.5, 0.6) is 0 Å². The van der Waals surface area contributed by atoms with Gasteiger partial charge in [0.2, 0.25) is 0 Å². The second kappa shape index (κ2) is 6.70. The molecule has 1 aliphatic rings. The van der Waals surface area contributed by atoms with Gasteiger partial charge in [0, 0.05) is 0 Å². The third kappa shape index (κ3) is 2.49. The van der Waals surface area contributed by atoms with Crippen molar-refractivity contribution >= 4 is 21.5 Å². The van der Waals surface area contributed by atoms with Crippen LogP contribution in [0, 0.1) is 10.7 Å². The second-order valence-electron chi connectivity index (χ2n) is 5.56. The summed E-state index contributed by atoms with van der Waals surface area (Å²) in [5.74, 6) is 0. The van der Waals surface area contributed by atoms with Crippen molar-refractivity contribution in [3.05, 3.63) is 126 Å². The van der Waals surface area contributed by atoms with E-state index in [9.17, 15) is 0 Å². The van der Waals surface area contributed by atoms with Gasteiger partial charge >= 0.3 is 147 Å². The predicted octanol–water partition coefficient (Wildman–Crippen LogP) is 5.94. The molecular formula is C23H19I. The Kier molecular flexibility index (Phi) is 4.26. The molecule has 1 aliphatic carbocycles. The van der Waals surface area contributed by atoms with Crippen molar-refractivity contribution in [2.45, 2.75) is 0 Å². The standard InChI is InChI=1S/C23H19I/c1-4-12-20(13-5-1)24(23-18-10-11-19-23,21-14-6-2-7-15-21)22-16-8-3-9-17-22/h1-19H. The first kappa shape index (κ1) is 15.3. The summed E-state index contributed by atoms with van der Waals surface area (Å²) in [4.78, 5) is 0. The molecule has 0 aliphatic heterocycles. The van der Waals surface area contributed by atoms with Crippen LogP contribution < -0.4 is 0 Å². The molecule has 3 aromatic rings. The van der Waals surface area contributed by atoms with Crippen molar-refractivity contribution in [2.24, 2.45) is 0 Å². The Labute approximate surface area is 147 Å². The van der Waals surface area contributed by atoms with Crippen molar-refractivity contribution in [1.29, 1.82) is 0 Å². The molecule has 0 amide bonds. The number of rotatable bonds is 3. The Hall–Kier alpha value is -2.26. The maximum absolute atomic E-state index is 2.82. The predicted molar refractivity (Wildman–Crippen MR) is 113 cm³/mol. The molecule has 0 saturated heterocycles. The van der Waals surface area contributed by atoms with Crippen LogP contribution in [0.1, 0.15) is 0 Å². The van der Waals surface area contributed by atoms with Crippen LogP contribution in [0.4, 0.5) is 0 Å². The molecule has 0 saturated carbocycles. The van der Waals surface area contributed by atoms with Gasteiger partial charge in [-0.15, -0.1) is 0 Å². The van der Waals surface area contributed by atoms with E-state index < -0.39 is 18.0 Å². The topological polar surface area (TPSA) is 0 Å². The minimum absolute atomic E-state index is 1.47. The fraction of sp³-hybridized carbons (Fsp3) is 0. The van der Waals surface area contributed by atoms with E-state index in [0.717, 1.165) is 0 Å². The summed E-state index contributed by atoms with van der Waals surface area (Å²) in [6.07, 6.45) is 8.96. The monoisotopic (exact) mass is 422 g/mol. The van der Waals surface area contributed by atoms with Gasteiger partial charge in [-0.05, 0) is 0 Å². The molecule has 24 heavy (non-hydrogen) atoms. The zero-order valence-corrected chi connectivity index (χ0v) is 15.5. The average molecular weight is 422 g/mol. The number of halogens is 1. The van der Waals surface area contributed by atoms with Crippen molar-refractivity contribution in [3.8, 4) is 0 Å². The van der Waals surface area contributed by atoms with E-state index in [-0.39, 0.29) is 0 Å². The average Bonchev–Trinajstić information content (AvgIpc) is 3.20. The van der Waals surface area contributed by atoms with Crippen LogP contribution in [0.15, 0.2) is 115 Å². The van der Waals surface area contributed by atoms with Crippen molar-refractivity contribution in [1.82, 2.24) is 0 Å². The summed E-state index contributed by atoms with van der Waals surface area (Å²) in [6, 6.07) is 33.2. The van der Waals surface area contributed by atoms with Gasteiger partial charge in [-0.1, -0.05) is 0 Å². The third-order valence-electron chi connectivity index (χ3n) is 4.13. The Morgan fingerprint density at radius 1 is 0.417 bits per heavy atom. The van der Waals surface area contributed by atoms with Crippen molar-refractivity contribution in [2.75, 3.05) is 0 Å². The summed E-state index contributed by atoms with van der Waals surface area (Å²) in [6.45, 7) is 0. The minimum atomic E-state index is -2.82. The molecular weight excluding hydrogens is 403 g/mol.